The quantitative estimate of drug-likeness (QED) is 0.617. The van der Waals surface area contributed by atoms with Gasteiger partial charge < -0.3 is 0 Å². The highest BCUT2D eigenvalue weighted by molar-refractivity contribution is 5.59. The maximum Gasteiger partial charge on any atom is 0.182 e. The van der Waals surface area contributed by atoms with Gasteiger partial charge in [-0.1, -0.05) is 30.3 Å². The molecule has 4 nitrogen and oxygen atoms in total. The largest absolute Gasteiger partial charge is 0.279 e. The van der Waals surface area contributed by atoms with Gasteiger partial charge in [0.15, 0.2) is 11.5 Å². The van der Waals surface area contributed by atoms with E-state index >= 15 is 0 Å². The predicted octanol–water partition coefficient (Wildman–Crippen LogP) is 2.10. The Bertz CT molecular complexity index is 628. The Kier molecular flexibility index (Phi) is 1.93. The van der Waals surface area contributed by atoms with Crippen LogP contribution in [0.15, 0.2) is 42.7 Å². The van der Waals surface area contributed by atoms with Gasteiger partial charge in [0.25, 0.3) is 0 Å². The summed E-state index contributed by atoms with van der Waals surface area (Å²) in [6.07, 6.45) is 3.64. The normalized spacial score (nSPS) is 10.8. The molecule has 0 radical (unpaired) electrons. The Hall–Kier alpha value is -2.23. The maximum atomic E-state index is 4.20. The molecule has 0 aliphatic carbocycles. The van der Waals surface area contributed by atoms with E-state index in [9.17, 15) is 0 Å². The number of benzene rings is 1. The van der Waals surface area contributed by atoms with Crippen LogP contribution in [0.3, 0.4) is 0 Å². The zero-order valence-electron chi connectivity index (χ0n) is 8.83. The Morgan fingerprint density at radius 1 is 1.06 bits per heavy atom. The Morgan fingerprint density at radius 2 is 1.88 bits per heavy atom. The standard InChI is InChI=1S/C12H10N4/c1-9-11-14-15-12(16(11)8-7-13-9)10-5-3-2-4-6-10/h2-8H,1H3. The fourth-order valence-corrected chi connectivity index (χ4v) is 1.73. The van der Waals surface area contributed by atoms with Crippen LogP contribution < -0.4 is 0 Å². The molecule has 78 valence electrons. The topological polar surface area (TPSA) is 43.1 Å². The summed E-state index contributed by atoms with van der Waals surface area (Å²) < 4.78 is 1.96. The van der Waals surface area contributed by atoms with E-state index in [4.69, 9.17) is 0 Å². The smallest absolute Gasteiger partial charge is 0.182 e. The van der Waals surface area contributed by atoms with Gasteiger partial charge in [-0.2, -0.15) is 0 Å². The van der Waals surface area contributed by atoms with E-state index in [1.165, 1.54) is 0 Å². The zero-order valence-corrected chi connectivity index (χ0v) is 8.83. The van der Waals surface area contributed by atoms with Gasteiger partial charge in [0.05, 0.1) is 5.69 Å². The number of hydrogen-bond donors (Lipinski definition) is 0. The molecule has 3 aromatic rings. The molecule has 2 aromatic heterocycles. The lowest BCUT2D eigenvalue weighted by Gasteiger charge is -1.99. The number of nitrogens with zero attached hydrogens (tertiary/aromatic N) is 4. The second kappa shape index (κ2) is 3.41. The van der Waals surface area contributed by atoms with Crippen molar-refractivity contribution in [2.24, 2.45) is 0 Å². The molecule has 16 heavy (non-hydrogen) atoms. The van der Waals surface area contributed by atoms with Crippen molar-refractivity contribution >= 4 is 5.65 Å². The van der Waals surface area contributed by atoms with Gasteiger partial charge in [-0.05, 0) is 6.92 Å². The molecular formula is C12H10N4. The summed E-state index contributed by atoms with van der Waals surface area (Å²) in [7, 11) is 0. The van der Waals surface area contributed by atoms with Crippen molar-refractivity contribution in [2.75, 3.05) is 0 Å². The molecule has 2 heterocycles. The van der Waals surface area contributed by atoms with Crippen molar-refractivity contribution in [1.29, 1.82) is 0 Å². The van der Waals surface area contributed by atoms with Crippen molar-refractivity contribution in [1.82, 2.24) is 19.6 Å². The van der Waals surface area contributed by atoms with Crippen LogP contribution >= 0.6 is 0 Å². The van der Waals surface area contributed by atoms with E-state index < -0.39 is 0 Å². The lowest BCUT2D eigenvalue weighted by molar-refractivity contribution is 1.08. The van der Waals surface area contributed by atoms with E-state index in [-0.39, 0.29) is 0 Å². The summed E-state index contributed by atoms with van der Waals surface area (Å²) in [6, 6.07) is 10.0. The molecule has 0 fully saturated rings. The molecule has 0 amide bonds. The van der Waals surface area contributed by atoms with E-state index in [1.807, 2.05) is 47.9 Å². The molecule has 0 N–H and O–H groups in total. The average molecular weight is 210 g/mol. The van der Waals surface area contributed by atoms with Gasteiger partial charge in [-0.15, -0.1) is 10.2 Å². The summed E-state index contributed by atoms with van der Waals surface area (Å²) in [4.78, 5) is 4.19. The fourth-order valence-electron chi connectivity index (χ4n) is 1.73. The number of rotatable bonds is 1. The monoisotopic (exact) mass is 210 g/mol. The van der Waals surface area contributed by atoms with Crippen molar-refractivity contribution < 1.29 is 0 Å². The lowest BCUT2D eigenvalue weighted by atomic mass is 10.2. The van der Waals surface area contributed by atoms with Crippen molar-refractivity contribution in [2.45, 2.75) is 6.92 Å². The number of fused-ring (bicyclic) bond motifs is 1. The van der Waals surface area contributed by atoms with Crippen LogP contribution in [0.2, 0.25) is 0 Å². The lowest BCUT2D eigenvalue weighted by Crippen LogP contribution is -1.92. The summed E-state index contributed by atoms with van der Waals surface area (Å²) in [5, 5.41) is 8.34. The second-order valence-electron chi connectivity index (χ2n) is 3.60. The molecule has 0 bridgehead atoms. The third-order valence-corrected chi connectivity index (χ3v) is 2.54. The summed E-state index contributed by atoms with van der Waals surface area (Å²) in [6.45, 7) is 1.93. The van der Waals surface area contributed by atoms with Crippen molar-refractivity contribution in [3.63, 3.8) is 0 Å². The minimum atomic E-state index is 0.807. The molecule has 0 saturated heterocycles. The Morgan fingerprint density at radius 3 is 2.69 bits per heavy atom. The van der Waals surface area contributed by atoms with Crippen LogP contribution in [0.1, 0.15) is 5.69 Å². The van der Waals surface area contributed by atoms with Crippen LogP contribution in [0.4, 0.5) is 0 Å². The molecule has 0 unspecified atom stereocenters. The zero-order chi connectivity index (χ0) is 11.0. The van der Waals surface area contributed by atoms with Crippen molar-refractivity contribution in [3.8, 4) is 11.4 Å². The first-order chi connectivity index (χ1) is 7.86. The summed E-state index contributed by atoms with van der Waals surface area (Å²) >= 11 is 0. The average Bonchev–Trinajstić information content (AvgIpc) is 2.75. The molecule has 0 atom stereocenters. The van der Waals surface area contributed by atoms with Gasteiger partial charge in [-0.25, -0.2) is 0 Å². The first-order valence-corrected chi connectivity index (χ1v) is 5.08. The third-order valence-electron chi connectivity index (χ3n) is 2.54. The van der Waals surface area contributed by atoms with Gasteiger partial charge in [0.1, 0.15) is 0 Å². The highest BCUT2D eigenvalue weighted by Crippen LogP contribution is 2.17. The second-order valence-corrected chi connectivity index (χ2v) is 3.60. The van der Waals surface area contributed by atoms with Gasteiger partial charge >= 0.3 is 0 Å². The van der Waals surface area contributed by atoms with Crippen LogP contribution in [0.5, 0.6) is 0 Å². The SMILES string of the molecule is Cc1nccn2c(-c3ccccc3)nnc12. The first-order valence-electron chi connectivity index (χ1n) is 5.08. The molecule has 3 rings (SSSR count). The third kappa shape index (κ3) is 1.27. The predicted molar refractivity (Wildman–Crippen MR) is 61.0 cm³/mol. The van der Waals surface area contributed by atoms with Gasteiger partial charge in [0, 0.05) is 18.0 Å². The first kappa shape index (κ1) is 9.03. The molecular weight excluding hydrogens is 200 g/mol. The Labute approximate surface area is 92.6 Å². The van der Waals surface area contributed by atoms with Crippen LogP contribution in [0.25, 0.3) is 17.0 Å². The highest BCUT2D eigenvalue weighted by atomic mass is 15.3. The van der Waals surface area contributed by atoms with Gasteiger partial charge in [-0.3, -0.25) is 9.38 Å². The fraction of sp³-hybridized carbons (Fsp3) is 0.0833. The number of aryl methyl sites for hydroxylation is 1. The summed E-state index contributed by atoms with van der Waals surface area (Å²) in [5.74, 6) is 0.848. The number of hydrogen-bond acceptors (Lipinski definition) is 3. The maximum absolute atomic E-state index is 4.20. The van der Waals surface area contributed by atoms with Crippen LogP contribution in [-0.4, -0.2) is 19.6 Å². The molecule has 0 aliphatic heterocycles. The molecule has 0 spiro atoms. The summed E-state index contributed by atoms with van der Waals surface area (Å²) in [5.41, 5.74) is 2.75. The van der Waals surface area contributed by atoms with Gasteiger partial charge in [0.2, 0.25) is 0 Å². The highest BCUT2D eigenvalue weighted by Gasteiger charge is 2.08. The van der Waals surface area contributed by atoms with E-state index in [0.717, 1.165) is 22.7 Å². The van der Waals surface area contributed by atoms with E-state index in [0.29, 0.717) is 0 Å². The van der Waals surface area contributed by atoms with Crippen molar-refractivity contribution in [3.05, 3.63) is 48.4 Å². The molecule has 0 aliphatic rings. The minimum Gasteiger partial charge on any atom is -0.279 e. The number of aromatic nitrogens is 4. The van der Waals surface area contributed by atoms with Crippen LogP contribution in [0, 0.1) is 6.92 Å². The van der Waals surface area contributed by atoms with Crippen LogP contribution in [-0.2, 0) is 0 Å². The van der Waals surface area contributed by atoms with E-state index in [2.05, 4.69) is 15.2 Å². The Balaban J connectivity index is 2.30. The molecule has 4 heteroatoms. The minimum absolute atomic E-state index is 0.807. The molecule has 1 aromatic carbocycles. The van der Waals surface area contributed by atoms with E-state index in [1.54, 1.807) is 6.20 Å². The molecule has 0 saturated carbocycles.